The molecular weight excluding hydrogens is 100 g/mol. The number of nitrogens with zero attached hydrogens (tertiary/aromatic N) is 1. The van der Waals surface area contributed by atoms with E-state index in [-0.39, 0.29) is 5.54 Å². The molecule has 0 radical (unpaired) electrons. The Morgan fingerprint density at radius 3 is 2.50 bits per heavy atom. The van der Waals surface area contributed by atoms with Gasteiger partial charge in [-0.2, -0.15) is 0 Å². The van der Waals surface area contributed by atoms with Gasteiger partial charge in [0.1, 0.15) is 0 Å². The predicted octanol–water partition coefficient (Wildman–Crippen LogP) is 0.910. The molecule has 0 spiro atoms. The molecule has 0 aliphatic carbocycles. The van der Waals surface area contributed by atoms with Crippen molar-refractivity contribution in [3.8, 4) is 0 Å². The van der Waals surface area contributed by atoms with E-state index in [0.717, 1.165) is 5.70 Å². The summed E-state index contributed by atoms with van der Waals surface area (Å²) in [6, 6.07) is 0. The molecule has 8 heavy (non-hydrogen) atoms. The van der Waals surface area contributed by atoms with E-state index in [4.69, 9.17) is 0 Å². The van der Waals surface area contributed by atoms with Gasteiger partial charge in [-0.25, -0.2) is 0 Å². The first-order chi connectivity index (χ1) is 3.63. The van der Waals surface area contributed by atoms with Crippen molar-refractivity contribution in [1.82, 2.24) is 5.32 Å². The predicted molar refractivity (Wildman–Crippen MR) is 34.8 cm³/mol. The van der Waals surface area contributed by atoms with Gasteiger partial charge in [-0.3, -0.25) is 4.99 Å². The van der Waals surface area contributed by atoms with Crippen LogP contribution in [-0.4, -0.2) is 11.9 Å². The van der Waals surface area contributed by atoms with Crippen LogP contribution in [0, 0.1) is 0 Å². The molecule has 0 bridgehead atoms. The van der Waals surface area contributed by atoms with Crippen molar-refractivity contribution in [2.75, 3.05) is 0 Å². The number of rotatable bonds is 0. The molecule has 0 aromatic carbocycles. The molecule has 0 saturated heterocycles. The molecule has 2 heteroatoms. The van der Waals surface area contributed by atoms with Crippen LogP contribution >= 0.6 is 0 Å². The third kappa shape index (κ3) is 0.619. The van der Waals surface area contributed by atoms with E-state index in [2.05, 4.69) is 16.9 Å². The second kappa shape index (κ2) is 1.34. The molecule has 2 nitrogen and oxygen atoms in total. The molecule has 0 saturated carbocycles. The molecule has 44 valence electrons. The van der Waals surface area contributed by atoms with Crippen LogP contribution in [0.15, 0.2) is 17.3 Å². The molecule has 1 aliphatic rings. The first kappa shape index (κ1) is 5.35. The second-order valence-corrected chi connectivity index (χ2v) is 2.44. The van der Waals surface area contributed by atoms with Crippen LogP contribution < -0.4 is 5.32 Å². The van der Waals surface area contributed by atoms with Crippen molar-refractivity contribution in [3.63, 3.8) is 0 Å². The van der Waals surface area contributed by atoms with Gasteiger partial charge in [0.2, 0.25) is 0 Å². The number of hydrogen-bond acceptors (Lipinski definition) is 2. The summed E-state index contributed by atoms with van der Waals surface area (Å²) in [5.74, 6) is 0. The average molecular weight is 110 g/mol. The van der Waals surface area contributed by atoms with E-state index in [1.165, 1.54) is 0 Å². The van der Waals surface area contributed by atoms with Crippen molar-refractivity contribution in [1.29, 1.82) is 0 Å². The molecule has 0 aromatic rings. The number of hydrogen-bond donors (Lipinski definition) is 1. The summed E-state index contributed by atoms with van der Waals surface area (Å²) >= 11 is 0. The monoisotopic (exact) mass is 110 g/mol. The summed E-state index contributed by atoms with van der Waals surface area (Å²) in [6.45, 7) is 7.81. The first-order valence-corrected chi connectivity index (χ1v) is 2.62. The van der Waals surface area contributed by atoms with Crippen LogP contribution in [0.1, 0.15) is 13.8 Å². The van der Waals surface area contributed by atoms with Crippen LogP contribution in [0.25, 0.3) is 0 Å². The Morgan fingerprint density at radius 1 is 1.75 bits per heavy atom. The maximum atomic E-state index is 4.11. The fourth-order valence-electron chi connectivity index (χ4n) is 0.526. The van der Waals surface area contributed by atoms with Gasteiger partial charge in [-0.05, 0) is 13.8 Å². The molecule has 1 N–H and O–H groups in total. The minimum atomic E-state index is -0.0833. The minimum absolute atomic E-state index is 0.0833. The second-order valence-electron chi connectivity index (χ2n) is 2.44. The third-order valence-corrected chi connectivity index (χ3v) is 1.36. The van der Waals surface area contributed by atoms with Crippen LogP contribution in [0.3, 0.4) is 0 Å². The summed E-state index contributed by atoms with van der Waals surface area (Å²) in [7, 11) is 0. The Labute approximate surface area is 49.3 Å². The fraction of sp³-hybridized carbons (Fsp3) is 0.500. The highest BCUT2D eigenvalue weighted by Crippen LogP contribution is 2.18. The van der Waals surface area contributed by atoms with E-state index in [1.54, 1.807) is 6.34 Å². The zero-order valence-corrected chi connectivity index (χ0v) is 5.23. The molecule has 1 heterocycles. The summed E-state index contributed by atoms with van der Waals surface area (Å²) in [4.78, 5) is 4.11. The van der Waals surface area contributed by atoms with Crippen molar-refractivity contribution in [3.05, 3.63) is 12.3 Å². The van der Waals surface area contributed by atoms with Crippen molar-refractivity contribution in [2.45, 2.75) is 19.4 Å². The molecule has 1 aliphatic heterocycles. The van der Waals surface area contributed by atoms with E-state index >= 15 is 0 Å². The number of aliphatic imine (C=N–C) groups is 1. The fourth-order valence-corrected chi connectivity index (χ4v) is 0.526. The minimum Gasteiger partial charge on any atom is -0.349 e. The van der Waals surface area contributed by atoms with Gasteiger partial charge >= 0.3 is 0 Å². The molecule has 0 amide bonds. The van der Waals surface area contributed by atoms with Gasteiger partial charge in [0, 0.05) is 5.70 Å². The topological polar surface area (TPSA) is 24.4 Å². The Hall–Kier alpha value is -0.790. The SMILES string of the molecule is C=C1NC=NC1(C)C. The summed E-state index contributed by atoms with van der Waals surface area (Å²) in [6.07, 6.45) is 1.68. The lowest BCUT2D eigenvalue weighted by Gasteiger charge is -2.13. The van der Waals surface area contributed by atoms with E-state index in [9.17, 15) is 0 Å². The summed E-state index contributed by atoms with van der Waals surface area (Å²) in [5, 5.41) is 2.92. The van der Waals surface area contributed by atoms with Crippen LogP contribution in [0.4, 0.5) is 0 Å². The zero-order valence-electron chi connectivity index (χ0n) is 5.23. The smallest absolute Gasteiger partial charge is 0.0959 e. The standard InChI is InChI=1S/C6H10N2/c1-5-6(2,3)8-4-7-5/h4H,1H2,2-3H3,(H,7,8). The maximum absolute atomic E-state index is 4.11. The Kier molecular flexibility index (Phi) is 0.897. The van der Waals surface area contributed by atoms with E-state index in [0.29, 0.717) is 0 Å². The molecule has 0 unspecified atom stereocenters. The Balaban J connectivity index is 2.82. The van der Waals surface area contributed by atoms with Gasteiger partial charge in [0.05, 0.1) is 11.9 Å². The molecule has 0 atom stereocenters. The molecule has 1 rings (SSSR count). The zero-order chi connectivity index (χ0) is 6.20. The first-order valence-electron chi connectivity index (χ1n) is 2.62. The van der Waals surface area contributed by atoms with Gasteiger partial charge in [-0.1, -0.05) is 6.58 Å². The van der Waals surface area contributed by atoms with Gasteiger partial charge in [0.25, 0.3) is 0 Å². The largest absolute Gasteiger partial charge is 0.349 e. The highest BCUT2D eigenvalue weighted by atomic mass is 15.1. The van der Waals surface area contributed by atoms with E-state index < -0.39 is 0 Å². The third-order valence-electron chi connectivity index (χ3n) is 1.36. The maximum Gasteiger partial charge on any atom is 0.0959 e. The van der Waals surface area contributed by atoms with Gasteiger partial charge in [-0.15, -0.1) is 0 Å². The molecule has 0 fully saturated rings. The summed E-state index contributed by atoms with van der Waals surface area (Å²) in [5.41, 5.74) is 0.887. The summed E-state index contributed by atoms with van der Waals surface area (Å²) < 4.78 is 0. The van der Waals surface area contributed by atoms with E-state index in [1.807, 2.05) is 13.8 Å². The quantitative estimate of drug-likeness (QED) is 0.492. The van der Waals surface area contributed by atoms with Crippen molar-refractivity contribution >= 4 is 6.34 Å². The van der Waals surface area contributed by atoms with Crippen LogP contribution in [0.5, 0.6) is 0 Å². The van der Waals surface area contributed by atoms with Crippen LogP contribution in [-0.2, 0) is 0 Å². The lowest BCUT2D eigenvalue weighted by molar-refractivity contribution is 0.627. The lowest BCUT2D eigenvalue weighted by atomic mass is 10.1. The Morgan fingerprint density at radius 2 is 2.38 bits per heavy atom. The van der Waals surface area contributed by atoms with Gasteiger partial charge in [0.15, 0.2) is 0 Å². The normalized spacial score (nSPS) is 23.5. The Bertz CT molecular complexity index is 145. The number of nitrogens with one attached hydrogen (secondary N) is 1. The van der Waals surface area contributed by atoms with Crippen LogP contribution in [0.2, 0.25) is 0 Å². The van der Waals surface area contributed by atoms with Gasteiger partial charge < -0.3 is 5.32 Å². The van der Waals surface area contributed by atoms with Crippen molar-refractivity contribution < 1.29 is 0 Å². The average Bonchev–Trinajstić information content (AvgIpc) is 1.86. The highest BCUT2D eigenvalue weighted by molar-refractivity contribution is 5.63. The molecule has 0 aromatic heterocycles. The van der Waals surface area contributed by atoms with Crippen molar-refractivity contribution in [2.24, 2.45) is 4.99 Å². The highest BCUT2D eigenvalue weighted by Gasteiger charge is 2.22. The molecular formula is C6H10N2. The lowest BCUT2D eigenvalue weighted by Crippen LogP contribution is -2.20.